The maximum absolute atomic E-state index is 13.4. The van der Waals surface area contributed by atoms with Crippen LogP contribution in [-0.2, 0) is 11.6 Å². The quantitative estimate of drug-likeness (QED) is 0.741. The van der Waals surface area contributed by atoms with Gasteiger partial charge in [0.1, 0.15) is 0 Å². The highest BCUT2D eigenvalue weighted by Crippen LogP contribution is 2.46. The van der Waals surface area contributed by atoms with Gasteiger partial charge in [0.05, 0.1) is 23.2 Å². The molecule has 0 amide bonds. The molecule has 2 heterocycles. The lowest BCUT2D eigenvalue weighted by atomic mass is 9.65. The number of halogens is 3. The summed E-state index contributed by atoms with van der Waals surface area (Å²) in [6.45, 7) is 0. The van der Waals surface area contributed by atoms with E-state index in [0.29, 0.717) is 40.6 Å². The number of aromatic amines is 1. The highest BCUT2D eigenvalue weighted by Gasteiger charge is 2.41. The van der Waals surface area contributed by atoms with Gasteiger partial charge in [-0.3, -0.25) is 5.10 Å². The van der Waals surface area contributed by atoms with E-state index in [4.69, 9.17) is 0 Å². The summed E-state index contributed by atoms with van der Waals surface area (Å²) in [5.41, 5.74) is 0.404. The molecule has 1 fully saturated rings. The Morgan fingerprint density at radius 1 is 1.20 bits per heavy atom. The summed E-state index contributed by atoms with van der Waals surface area (Å²) in [7, 11) is 0. The number of benzene rings is 1. The van der Waals surface area contributed by atoms with Crippen LogP contribution in [0.2, 0.25) is 0 Å². The molecule has 0 aliphatic heterocycles. The van der Waals surface area contributed by atoms with Crippen LogP contribution in [-0.4, -0.2) is 15.2 Å². The summed E-state index contributed by atoms with van der Waals surface area (Å²) in [5, 5.41) is 16.8. The van der Waals surface area contributed by atoms with E-state index in [1.165, 1.54) is 6.20 Å². The second-order valence-corrected chi connectivity index (χ2v) is 6.34. The van der Waals surface area contributed by atoms with Crippen LogP contribution in [0, 0.1) is 11.3 Å². The zero-order chi connectivity index (χ0) is 17.7. The molecular weight excluding hydrogens is 329 g/mol. The van der Waals surface area contributed by atoms with Gasteiger partial charge in [0, 0.05) is 11.6 Å². The maximum Gasteiger partial charge on any atom is 0.416 e. The maximum atomic E-state index is 13.4. The molecule has 0 atom stereocenters. The van der Waals surface area contributed by atoms with Gasteiger partial charge >= 0.3 is 6.18 Å². The third-order valence-corrected chi connectivity index (χ3v) is 4.90. The SMILES string of the molecule is N#CC1(c2cc(-c3ccnc4[nH]ncc34)cc(C(F)(F)F)c2)CCC1. The minimum atomic E-state index is -4.48. The Balaban J connectivity index is 1.96. The number of H-pyrrole nitrogens is 1. The van der Waals surface area contributed by atoms with E-state index in [-0.39, 0.29) is 0 Å². The first-order chi connectivity index (χ1) is 11.9. The number of nitriles is 1. The molecule has 3 aromatic rings. The van der Waals surface area contributed by atoms with Crippen molar-refractivity contribution >= 4 is 11.0 Å². The van der Waals surface area contributed by atoms with Crippen LogP contribution < -0.4 is 0 Å². The molecular formula is C18H13F3N4. The largest absolute Gasteiger partial charge is 0.416 e. The van der Waals surface area contributed by atoms with Crippen molar-refractivity contribution in [3.63, 3.8) is 0 Å². The van der Waals surface area contributed by atoms with E-state index in [0.717, 1.165) is 18.6 Å². The molecule has 25 heavy (non-hydrogen) atoms. The Labute approximate surface area is 141 Å². The Bertz CT molecular complexity index is 993. The van der Waals surface area contributed by atoms with Crippen molar-refractivity contribution in [1.29, 1.82) is 5.26 Å². The minimum absolute atomic E-state index is 0.417. The summed E-state index contributed by atoms with van der Waals surface area (Å²) < 4.78 is 40.3. The summed E-state index contributed by atoms with van der Waals surface area (Å²) in [6, 6.07) is 7.81. The van der Waals surface area contributed by atoms with Crippen molar-refractivity contribution < 1.29 is 13.2 Å². The van der Waals surface area contributed by atoms with Crippen LogP contribution in [0.5, 0.6) is 0 Å². The molecule has 1 aliphatic rings. The van der Waals surface area contributed by atoms with Gasteiger partial charge < -0.3 is 0 Å². The van der Waals surface area contributed by atoms with Gasteiger partial charge in [0.2, 0.25) is 0 Å². The molecule has 2 aromatic heterocycles. The van der Waals surface area contributed by atoms with E-state index in [9.17, 15) is 18.4 Å². The van der Waals surface area contributed by atoms with Crippen molar-refractivity contribution in [2.24, 2.45) is 0 Å². The third kappa shape index (κ3) is 2.45. The predicted octanol–water partition coefficient (Wildman–Crippen LogP) is 4.59. The van der Waals surface area contributed by atoms with Crippen molar-refractivity contribution in [2.75, 3.05) is 0 Å². The fraction of sp³-hybridized carbons (Fsp3) is 0.278. The minimum Gasteiger partial charge on any atom is -0.261 e. The number of aromatic nitrogens is 3. The monoisotopic (exact) mass is 342 g/mol. The standard InChI is InChI=1S/C18H13F3N4/c19-18(20,21)13-7-11(6-12(8-13)17(10-22)3-1-4-17)14-2-5-23-16-15(14)9-24-25-16/h2,5-9H,1,3-4H2,(H,23,24,25). The predicted molar refractivity (Wildman–Crippen MR) is 85.5 cm³/mol. The van der Waals surface area contributed by atoms with Gasteiger partial charge in [-0.1, -0.05) is 0 Å². The van der Waals surface area contributed by atoms with Crippen molar-refractivity contribution in [1.82, 2.24) is 15.2 Å². The van der Waals surface area contributed by atoms with Crippen LogP contribution in [0.15, 0.2) is 36.7 Å². The number of hydrogen-bond donors (Lipinski definition) is 1. The average molecular weight is 342 g/mol. The van der Waals surface area contributed by atoms with Crippen LogP contribution in [0.3, 0.4) is 0 Å². The molecule has 0 radical (unpaired) electrons. The molecule has 4 rings (SSSR count). The first-order valence-electron chi connectivity index (χ1n) is 7.85. The van der Waals surface area contributed by atoms with Crippen LogP contribution >= 0.6 is 0 Å². The number of nitrogens with one attached hydrogen (secondary N) is 1. The lowest BCUT2D eigenvalue weighted by molar-refractivity contribution is -0.137. The number of hydrogen-bond acceptors (Lipinski definition) is 3. The summed E-state index contributed by atoms with van der Waals surface area (Å²) in [5.74, 6) is 0. The smallest absolute Gasteiger partial charge is 0.261 e. The van der Waals surface area contributed by atoms with E-state index in [2.05, 4.69) is 21.3 Å². The highest BCUT2D eigenvalue weighted by molar-refractivity contribution is 5.92. The Hall–Kier alpha value is -2.88. The van der Waals surface area contributed by atoms with E-state index < -0.39 is 17.2 Å². The average Bonchev–Trinajstić information content (AvgIpc) is 3.02. The number of rotatable bonds is 2. The van der Waals surface area contributed by atoms with E-state index >= 15 is 0 Å². The fourth-order valence-corrected chi connectivity index (χ4v) is 3.32. The molecule has 0 spiro atoms. The molecule has 1 saturated carbocycles. The van der Waals surface area contributed by atoms with Gasteiger partial charge in [-0.2, -0.15) is 23.5 Å². The van der Waals surface area contributed by atoms with E-state index in [1.54, 1.807) is 18.3 Å². The third-order valence-electron chi connectivity index (χ3n) is 4.90. The number of nitrogens with zero attached hydrogens (tertiary/aromatic N) is 3. The molecule has 0 unspecified atom stereocenters. The Morgan fingerprint density at radius 3 is 2.64 bits per heavy atom. The Morgan fingerprint density at radius 2 is 2.00 bits per heavy atom. The summed E-state index contributed by atoms with van der Waals surface area (Å²) in [4.78, 5) is 4.12. The van der Waals surface area contributed by atoms with Crippen molar-refractivity contribution in [3.8, 4) is 17.2 Å². The first kappa shape index (κ1) is 15.6. The molecule has 7 heteroatoms. The molecule has 1 N–H and O–H groups in total. The van der Waals surface area contributed by atoms with Gasteiger partial charge in [-0.05, 0) is 60.2 Å². The van der Waals surface area contributed by atoms with Crippen molar-refractivity contribution in [3.05, 3.63) is 47.8 Å². The normalized spacial score (nSPS) is 16.4. The van der Waals surface area contributed by atoms with E-state index in [1.807, 2.05) is 0 Å². The van der Waals surface area contributed by atoms with Gasteiger partial charge in [0.25, 0.3) is 0 Å². The summed E-state index contributed by atoms with van der Waals surface area (Å²) >= 11 is 0. The second kappa shape index (κ2) is 5.31. The zero-order valence-electron chi connectivity index (χ0n) is 13.1. The second-order valence-electron chi connectivity index (χ2n) is 6.34. The lowest BCUT2D eigenvalue weighted by Crippen LogP contribution is -2.32. The fourth-order valence-electron chi connectivity index (χ4n) is 3.32. The topological polar surface area (TPSA) is 65.4 Å². The molecule has 0 saturated heterocycles. The summed E-state index contributed by atoms with van der Waals surface area (Å²) in [6.07, 6.45) is 0.609. The number of fused-ring (bicyclic) bond motifs is 1. The molecule has 4 nitrogen and oxygen atoms in total. The molecule has 1 aromatic carbocycles. The zero-order valence-corrected chi connectivity index (χ0v) is 13.1. The molecule has 0 bridgehead atoms. The van der Waals surface area contributed by atoms with Gasteiger partial charge in [-0.25, -0.2) is 4.98 Å². The van der Waals surface area contributed by atoms with Gasteiger partial charge in [0.15, 0.2) is 5.65 Å². The van der Waals surface area contributed by atoms with Crippen LogP contribution in [0.25, 0.3) is 22.2 Å². The number of alkyl halides is 3. The van der Waals surface area contributed by atoms with Crippen molar-refractivity contribution in [2.45, 2.75) is 30.9 Å². The highest BCUT2D eigenvalue weighted by atomic mass is 19.4. The molecule has 126 valence electrons. The molecule has 1 aliphatic carbocycles. The number of pyridine rings is 1. The Kier molecular flexibility index (Phi) is 3.32. The van der Waals surface area contributed by atoms with Crippen LogP contribution in [0.1, 0.15) is 30.4 Å². The lowest BCUT2D eigenvalue weighted by Gasteiger charge is -2.36. The van der Waals surface area contributed by atoms with Crippen LogP contribution in [0.4, 0.5) is 13.2 Å². The first-order valence-corrected chi connectivity index (χ1v) is 7.85. The van der Waals surface area contributed by atoms with Gasteiger partial charge in [-0.15, -0.1) is 0 Å².